The molecule has 2 aromatic rings. The predicted octanol–water partition coefficient (Wildman–Crippen LogP) is 1.03. The van der Waals surface area contributed by atoms with E-state index < -0.39 is 23.9 Å². The van der Waals surface area contributed by atoms with E-state index >= 15 is 0 Å². The Kier molecular flexibility index (Phi) is 5.14. The first kappa shape index (κ1) is 16.3. The second-order valence-corrected chi connectivity index (χ2v) is 4.86. The molecule has 0 saturated carbocycles. The fraction of sp³-hybridized carbons (Fsp3) is 0.188. The summed E-state index contributed by atoms with van der Waals surface area (Å²) in [5.41, 5.74) is 5.22. The standard InChI is InChI=1S/C16H17N3O4/c1-11(23-16(22)13-9-6-10-19(13)2)14(20)17-18-15(21)12-7-4-3-5-8-12/h3-11H,1-2H3,(H,17,20)(H,18,21)/t11-/m0/s1. The fourth-order valence-corrected chi connectivity index (χ4v) is 1.83. The van der Waals surface area contributed by atoms with E-state index in [2.05, 4.69) is 10.9 Å². The summed E-state index contributed by atoms with van der Waals surface area (Å²) in [6.07, 6.45) is 0.648. The van der Waals surface area contributed by atoms with Gasteiger partial charge in [-0.2, -0.15) is 0 Å². The zero-order valence-corrected chi connectivity index (χ0v) is 12.8. The minimum atomic E-state index is -1.05. The number of hydrogen-bond donors (Lipinski definition) is 2. The van der Waals surface area contributed by atoms with Crippen LogP contribution in [0, 0.1) is 0 Å². The number of hydrazine groups is 1. The molecule has 1 atom stereocenters. The van der Waals surface area contributed by atoms with Crippen molar-refractivity contribution in [3.8, 4) is 0 Å². The third-order valence-electron chi connectivity index (χ3n) is 3.14. The van der Waals surface area contributed by atoms with Crippen molar-refractivity contribution in [2.45, 2.75) is 13.0 Å². The normalized spacial score (nSPS) is 11.4. The zero-order valence-electron chi connectivity index (χ0n) is 12.8. The van der Waals surface area contributed by atoms with Crippen molar-refractivity contribution in [2.75, 3.05) is 0 Å². The van der Waals surface area contributed by atoms with Gasteiger partial charge in [-0.15, -0.1) is 0 Å². The van der Waals surface area contributed by atoms with Crippen LogP contribution in [0.3, 0.4) is 0 Å². The molecule has 2 N–H and O–H groups in total. The molecule has 0 aliphatic rings. The van der Waals surface area contributed by atoms with Crippen LogP contribution in [0.4, 0.5) is 0 Å². The number of amides is 2. The first-order valence-corrected chi connectivity index (χ1v) is 6.96. The number of ether oxygens (including phenoxy) is 1. The largest absolute Gasteiger partial charge is 0.448 e. The third-order valence-corrected chi connectivity index (χ3v) is 3.14. The number of hydrogen-bond acceptors (Lipinski definition) is 4. The van der Waals surface area contributed by atoms with Gasteiger partial charge in [0.15, 0.2) is 6.10 Å². The highest BCUT2D eigenvalue weighted by Crippen LogP contribution is 2.04. The average molecular weight is 315 g/mol. The van der Waals surface area contributed by atoms with E-state index in [1.54, 1.807) is 60.3 Å². The minimum absolute atomic E-state index is 0.331. The number of carbonyl (C=O) groups excluding carboxylic acids is 3. The summed E-state index contributed by atoms with van der Waals surface area (Å²) in [7, 11) is 1.70. The molecule has 0 aliphatic carbocycles. The van der Waals surface area contributed by atoms with Gasteiger partial charge in [0.1, 0.15) is 5.69 Å². The SMILES string of the molecule is C[C@H](OC(=O)c1cccn1C)C(=O)NNC(=O)c1ccccc1. The first-order chi connectivity index (χ1) is 11.0. The summed E-state index contributed by atoms with van der Waals surface area (Å²) in [6, 6.07) is 11.7. The van der Waals surface area contributed by atoms with Gasteiger partial charge in [0.25, 0.3) is 11.8 Å². The predicted molar refractivity (Wildman–Crippen MR) is 82.3 cm³/mol. The number of nitrogens with one attached hydrogen (secondary N) is 2. The monoisotopic (exact) mass is 315 g/mol. The van der Waals surface area contributed by atoms with Crippen LogP contribution in [0.5, 0.6) is 0 Å². The Balaban J connectivity index is 1.85. The summed E-state index contributed by atoms with van der Waals surface area (Å²) in [4.78, 5) is 35.5. The Hall–Kier alpha value is -3.09. The first-order valence-electron chi connectivity index (χ1n) is 6.96. The molecule has 0 radical (unpaired) electrons. The van der Waals surface area contributed by atoms with Gasteiger partial charge in [-0.3, -0.25) is 20.4 Å². The van der Waals surface area contributed by atoms with Gasteiger partial charge in [-0.05, 0) is 31.2 Å². The van der Waals surface area contributed by atoms with Crippen molar-refractivity contribution in [3.05, 3.63) is 59.9 Å². The number of aromatic nitrogens is 1. The summed E-state index contributed by atoms with van der Waals surface area (Å²) >= 11 is 0. The second kappa shape index (κ2) is 7.26. The van der Waals surface area contributed by atoms with Crippen LogP contribution in [0.2, 0.25) is 0 Å². The Labute approximate surface area is 133 Å². The molecule has 0 bridgehead atoms. The molecule has 0 unspecified atom stereocenters. The summed E-state index contributed by atoms with van der Waals surface area (Å²) in [5.74, 6) is -1.70. The van der Waals surface area contributed by atoms with Crippen LogP contribution < -0.4 is 10.9 Å². The van der Waals surface area contributed by atoms with Crippen LogP contribution in [-0.2, 0) is 16.6 Å². The van der Waals surface area contributed by atoms with Crippen LogP contribution in [0.25, 0.3) is 0 Å². The molecule has 0 spiro atoms. The maximum Gasteiger partial charge on any atom is 0.355 e. The highest BCUT2D eigenvalue weighted by molar-refractivity contribution is 5.96. The molecular weight excluding hydrogens is 298 g/mol. The van der Waals surface area contributed by atoms with Crippen LogP contribution >= 0.6 is 0 Å². The van der Waals surface area contributed by atoms with E-state index in [4.69, 9.17) is 4.74 Å². The highest BCUT2D eigenvalue weighted by atomic mass is 16.5. The number of carbonyl (C=O) groups is 3. The molecule has 2 rings (SSSR count). The van der Waals surface area contributed by atoms with E-state index in [0.29, 0.717) is 11.3 Å². The van der Waals surface area contributed by atoms with Gasteiger partial charge >= 0.3 is 5.97 Å². The molecule has 0 aliphatic heterocycles. The molecule has 2 amide bonds. The fourth-order valence-electron chi connectivity index (χ4n) is 1.83. The quantitative estimate of drug-likeness (QED) is 0.651. The van der Waals surface area contributed by atoms with Gasteiger partial charge in [0.2, 0.25) is 0 Å². The van der Waals surface area contributed by atoms with Gasteiger partial charge < -0.3 is 9.30 Å². The van der Waals surface area contributed by atoms with Gasteiger partial charge in [0, 0.05) is 18.8 Å². The molecule has 1 aromatic carbocycles. The Morgan fingerprint density at radius 1 is 1.04 bits per heavy atom. The molecule has 23 heavy (non-hydrogen) atoms. The van der Waals surface area contributed by atoms with Gasteiger partial charge in [-0.1, -0.05) is 18.2 Å². The zero-order chi connectivity index (χ0) is 16.8. The topological polar surface area (TPSA) is 89.4 Å². The summed E-state index contributed by atoms with van der Waals surface area (Å²) in [5, 5.41) is 0. The molecular formula is C16H17N3O4. The Bertz CT molecular complexity index is 709. The maximum atomic E-state index is 11.9. The lowest BCUT2D eigenvalue weighted by Gasteiger charge is -2.14. The minimum Gasteiger partial charge on any atom is -0.448 e. The number of rotatable bonds is 4. The number of esters is 1. The lowest BCUT2D eigenvalue weighted by Crippen LogP contribution is -2.46. The summed E-state index contributed by atoms with van der Waals surface area (Å²) in [6.45, 7) is 1.42. The van der Waals surface area contributed by atoms with Crippen molar-refractivity contribution in [1.82, 2.24) is 15.4 Å². The molecule has 0 fully saturated rings. The number of benzene rings is 1. The lowest BCUT2D eigenvalue weighted by atomic mass is 10.2. The summed E-state index contributed by atoms with van der Waals surface area (Å²) < 4.78 is 6.64. The Morgan fingerprint density at radius 3 is 2.35 bits per heavy atom. The van der Waals surface area contributed by atoms with Crippen molar-refractivity contribution in [2.24, 2.45) is 7.05 Å². The molecule has 0 saturated heterocycles. The van der Waals surface area contributed by atoms with Crippen molar-refractivity contribution < 1.29 is 19.1 Å². The smallest absolute Gasteiger partial charge is 0.355 e. The van der Waals surface area contributed by atoms with E-state index in [-0.39, 0.29) is 0 Å². The van der Waals surface area contributed by atoms with Crippen molar-refractivity contribution in [1.29, 1.82) is 0 Å². The van der Waals surface area contributed by atoms with Crippen molar-refractivity contribution in [3.63, 3.8) is 0 Å². The lowest BCUT2D eigenvalue weighted by molar-refractivity contribution is -0.129. The van der Waals surface area contributed by atoms with Gasteiger partial charge in [-0.25, -0.2) is 4.79 Å². The van der Waals surface area contributed by atoms with E-state index in [9.17, 15) is 14.4 Å². The van der Waals surface area contributed by atoms with E-state index in [1.165, 1.54) is 6.92 Å². The number of nitrogens with zero attached hydrogens (tertiary/aromatic N) is 1. The average Bonchev–Trinajstić information content (AvgIpc) is 2.99. The second-order valence-electron chi connectivity index (χ2n) is 4.86. The molecule has 7 heteroatoms. The van der Waals surface area contributed by atoms with Crippen LogP contribution in [-0.4, -0.2) is 28.5 Å². The molecule has 1 heterocycles. The van der Waals surface area contributed by atoms with Gasteiger partial charge in [0.05, 0.1) is 0 Å². The van der Waals surface area contributed by atoms with E-state index in [0.717, 1.165) is 0 Å². The maximum absolute atomic E-state index is 11.9. The molecule has 7 nitrogen and oxygen atoms in total. The van der Waals surface area contributed by atoms with Crippen LogP contribution in [0.1, 0.15) is 27.8 Å². The molecule has 120 valence electrons. The molecule has 1 aromatic heterocycles. The van der Waals surface area contributed by atoms with Crippen molar-refractivity contribution >= 4 is 17.8 Å². The van der Waals surface area contributed by atoms with E-state index in [1.807, 2.05) is 0 Å². The Morgan fingerprint density at radius 2 is 1.74 bits per heavy atom. The highest BCUT2D eigenvalue weighted by Gasteiger charge is 2.20. The van der Waals surface area contributed by atoms with Crippen LogP contribution in [0.15, 0.2) is 48.7 Å². The third kappa shape index (κ3) is 4.19. The number of aryl methyl sites for hydroxylation is 1.